The molecule has 16 heavy (non-hydrogen) atoms. The van der Waals surface area contributed by atoms with Gasteiger partial charge in [-0.25, -0.2) is 0 Å². The lowest BCUT2D eigenvalue weighted by Crippen LogP contribution is -2.48. The standard InChI is InChI=1S/C14H32N2/c1-9-14(6,7)16(8)11-13(4,5)10-15-12(2)3/h12,15H,9-11H2,1-8H3. The van der Waals surface area contributed by atoms with Crippen molar-refractivity contribution in [2.45, 2.75) is 66.5 Å². The fourth-order valence-electron chi connectivity index (χ4n) is 1.66. The van der Waals surface area contributed by atoms with E-state index in [0.717, 1.165) is 13.1 Å². The van der Waals surface area contributed by atoms with Crippen LogP contribution < -0.4 is 5.32 Å². The second-order valence-corrected chi connectivity index (χ2v) is 6.72. The molecule has 0 spiro atoms. The minimum absolute atomic E-state index is 0.301. The summed E-state index contributed by atoms with van der Waals surface area (Å²) in [6.45, 7) is 18.2. The Labute approximate surface area is 103 Å². The molecular formula is C14H32N2. The van der Waals surface area contributed by atoms with Crippen molar-refractivity contribution in [2.75, 3.05) is 20.1 Å². The first-order valence-electron chi connectivity index (χ1n) is 6.55. The quantitative estimate of drug-likeness (QED) is 0.720. The lowest BCUT2D eigenvalue weighted by Gasteiger charge is -2.40. The van der Waals surface area contributed by atoms with Crippen molar-refractivity contribution in [3.05, 3.63) is 0 Å². The van der Waals surface area contributed by atoms with Gasteiger partial charge in [0.25, 0.3) is 0 Å². The van der Waals surface area contributed by atoms with Gasteiger partial charge in [-0.2, -0.15) is 0 Å². The van der Waals surface area contributed by atoms with E-state index in [2.05, 4.69) is 65.7 Å². The van der Waals surface area contributed by atoms with Gasteiger partial charge in [0.15, 0.2) is 0 Å². The summed E-state index contributed by atoms with van der Waals surface area (Å²) in [5.74, 6) is 0. The Hall–Kier alpha value is -0.0800. The predicted octanol–water partition coefficient (Wildman–Crippen LogP) is 3.13. The molecule has 2 nitrogen and oxygen atoms in total. The molecule has 0 heterocycles. The second-order valence-electron chi connectivity index (χ2n) is 6.72. The molecular weight excluding hydrogens is 196 g/mol. The van der Waals surface area contributed by atoms with E-state index in [9.17, 15) is 0 Å². The Morgan fingerprint density at radius 2 is 1.62 bits per heavy atom. The van der Waals surface area contributed by atoms with Gasteiger partial charge in [-0.05, 0) is 32.7 Å². The average Bonchev–Trinajstić information content (AvgIpc) is 2.14. The van der Waals surface area contributed by atoms with Gasteiger partial charge in [-0.3, -0.25) is 0 Å². The summed E-state index contributed by atoms with van der Waals surface area (Å²) in [5.41, 5.74) is 0.626. The molecule has 98 valence electrons. The van der Waals surface area contributed by atoms with E-state index >= 15 is 0 Å². The third-order valence-corrected chi connectivity index (χ3v) is 3.55. The lowest BCUT2D eigenvalue weighted by molar-refractivity contribution is 0.0964. The van der Waals surface area contributed by atoms with Crippen molar-refractivity contribution in [3.8, 4) is 0 Å². The fraction of sp³-hybridized carbons (Fsp3) is 1.00. The number of hydrogen-bond donors (Lipinski definition) is 1. The van der Waals surface area contributed by atoms with E-state index in [1.165, 1.54) is 6.42 Å². The van der Waals surface area contributed by atoms with E-state index in [4.69, 9.17) is 0 Å². The van der Waals surface area contributed by atoms with Crippen LogP contribution in [0.1, 0.15) is 54.9 Å². The van der Waals surface area contributed by atoms with Crippen LogP contribution in [0.4, 0.5) is 0 Å². The largest absolute Gasteiger partial charge is 0.314 e. The van der Waals surface area contributed by atoms with Crippen LogP contribution in [-0.2, 0) is 0 Å². The number of hydrogen-bond acceptors (Lipinski definition) is 2. The molecule has 0 aromatic heterocycles. The van der Waals surface area contributed by atoms with E-state index in [1.807, 2.05) is 0 Å². The molecule has 0 aliphatic heterocycles. The van der Waals surface area contributed by atoms with Gasteiger partial charge in [0.1, 0.15) is 0 Å². The van der Waals surface area contributed by atoms with Crippen LogP contribution in [-0.4, -0.2) is 36.6 Å². The zero-order valence-corrected chi connectivity index (χ0v) is 12.6. The van der Waals surface area contributed by atoms with Crippen LogP contribution in [0.2, 0.25) is 0 Å². The zero-order valence-electron chi connectivity index (χ0n) is 12.6. The van der Waals surface area contributed by atoms with Crippen molar-refractivity contribution in [1.82, 2.24) is 10.2 Å². The van der Waals surface area contributed by atoms with Crippen molar-refractivity contribution in [1.29, 1.82) is 0 Å². The molecule has 0 amide bonds. The van der Waals surface area contributed by atoms with Crippen molar-refractivity contribution in [3.63, 3.8) is 0 Å². The highest BCUT2D eigenvalue weighted by Gasteiger charge is 2.27. The van der Waals surface area contributed by atoms with Gasteiger partial charge in [0.05, 0.1) is 0 Å². The molecule has 0 unspecified atom stereocenters. The average molecular weight is 228 g/mol. The molecule has 0 aromatic rings. The van der Waals surface area contributed by atoms with Crippen LogP contribution in [0.3, 0.4) is 0 Å². The van der Waals surface area contributed by atoms with Gasteiger partial charge >= 0.3 is 0 Å². The van der Waals surface area contributed by atoms with E-state index < -0.39 is 0 Å². The molecule has 0 bridgehead atoms. The van der Waals surface area contributed by atoms with Crippen LogP contribution in [0.15, 0.2) is 0 Å². The Morgan fingerprint density at radius 1 is 1.12 bits per heavy atom. The van der Waals surface area contributed by atoms with E-state index in [-0.39, 0.29) is 0 Å². The van der Waals surface area contributed by atoms with Crippen LogP contribution in [0, 0.1) is 5.41 Å². The van der Waals surface area contributed by atoms with Crippen molar-refractivity contribution >= 4 is 0 Å². The Morgan fingerprint density at radius 3 is 2.00 bits per heavy atom. The SMILES string of the molecule is CCC(C)(C)N(C)CC(C)(C)CNC(C)C. The molecule has 0 radical (unpaired) electrons. The monoisotopic (exact) mass is 228 g/mol. The summed E-state index contributed by atoms with van der Waals surface area (Å²) < 4.78 is 0. The molecule has 0 fully saturated rings. The first-order chi connectivity index (χ1) is 7.10. The molecule has 0 aliphatic rings. The highest BCUT2D eigenvalue weighted by Crippen LogP contribution is 2.23. The summed E-state index contributed by atoms with van der Waals surface area (Å²) in [4.78, 5) is 2.48. The number of rotatable bonds is 7. The Bertz CT molecular complexity index is 195. The highest BCUT2D eigenvalue weighted by atomic mass is 15.2. The van der Waals surface area contributed by atoms with Crippen LogP contribution in [0.5, 0.6) is 0 Å². The maximum atomic E-state index is 3.53. The van der Waals surface area contributed by atoms with Gasteiger partial charge in [0.2, 0.25) is 0 Å². The first-order valence-corrected chi connectivity index (χ1v) is 6.55. The van der Waals surface area contributed by atoms with Gasteiger partial charge in [-0.15, -0.1) is 0 Å². The number of nitrogens with zero attached hydrogens (tertiary/aromatic N) is 1. The summed E-state index contributed by atoms with van der Waals surface area (Å²) in [7, 11) is 2.24. The minimum atomic E-state index is 0.301. The van der Waals surface area contributed by atoms with Gasteiger partial charge in [0, 0.05) is 24.7 Å². The van der Waals surface area contributed by atoms with E-state index in [1.54, 1.807) is 0 Å². The zero-order chi connectivity index (χ0) is 13.0. The minimum Gasteiger partial charge on any atom is -0.314 e. The molecule has 1 N–H and O–H groups in total. The summed E-state index contributed by atoms with van der Waals surface area (Å²) in [5, 5.41) is 3.53. The van der Waals surface area contributed by atoms with Gasteiger partial charge in [-0.1, -0.05) is 34.6 Å². The molecule has 0 saturated heterocycles. The molecule has 0 rings (SSSR count). The van der Waals surface area contributed by atoms with E-state index in [0.29, 0.717) is 17.0 Å². The Kier molecular flexibility index (Phi) is 5.99. The van der Waals surface area contributed by atoms with Crippen molar-refractivity contribution < 1.29 is 0 Å². The summed E-state index contributed by atoms with van der Waals surface area (Å²) >= 11 is 0. The maximum Gasteiger partial charge on any atom is 0.0147 e. The topological polar surface area (TPSA) is 15.3 Å². The summed E-state index contributed by atoms with van der Waals surface area (Å²) in [6, 6.07) is 0.573. The molecule has 0 aliphatic carbocycles. The van der Waals surface area contributed by atoms with Crippen LogP contribution in [0.25, 0.3) is 0 Å². The third kappa shape index (κ3) is 5.86. The number of nitrogens with one attached hydrogen (secondary N) is 1. The molecule has 0 saturated carbocycles. The Balaban J connectivity index is 4.24. The second kappa shape index (κ2) is 6.02. The molecule has 2 heteroatoms. The van der Waals surface area contributed by atoms with Crippen LogP contribution >= 0.6 is 0 Å². The third-order valence-electron chi connectivity index (χ3n) is 3.55. The predicted molar refractivity (Wildman–Crippen MR) is 73.9 cm³/mol. The lowest BCUT2D eigenvalue weighted by atomic mass is 9.89. The molecule has 0 atom stereocenters. The smallest absolute Gasteiger partial charge is 0.0147 e. The normalized spacial score (nSPS) is 13.9. The molecule has 0 aromatic carbocycles. The van der Waals surface area contributed by atoms with Gasteiger partial charge < -0.3 is 10.2 Å². The fourth-order valence-corrected chi connectivity index (χ4v) is 1.66. The van der Waals surface area contributed by atoms with Crippen molar-refractivity contribution in [2.24, 2.45) is 5.41 Å². The first kappa shape index (κ1) is 15.9. The maximum absolute atomic E-state index is 3.53. The summed E-state index contributed by atoms with van der Waals surface area (Å²) in [6.07, 6.45) is 1.19. The highest BCUT2D eigenvalue weighted by molar-refractivity contribution is 4.83.